The van der Waals surface area contributed by atoms with Gasteiger partial charge in [-0.05, 0) is 42.0 Å². The van der Waals surface area contributed by atoms with Gasteiger partial charge in [-0.1, -0.05) is 42.5 Å². The predicted octanol–water partition coefficient (Wildman–Crippen LogP) is 3.81. The molecular weight excluding hydrogens is 561 g/mol. The molecule has 1 saturated heterocycles. The Bertz CT molecular complexity index is 1620. The van der Waals surface area contributed by atoms with Gasteiger partial charge in [0, 0.05) is 49.2 Å². The number of hydrogen-bond donors (Lipinski definition) is 1. The molecular formula is C28H29Cl2N3O5S. The van der Waals surface area contributed by atoms with Crippen molar-refractivity contribution in [1.82, 2.24) is 14.2 Å². The average Bonchev–Trinajstić information content (AvgIpc) is 2.95. The van der Waals surface area contributed by atoms with Gasteiger partial charge in [-0.3, -0.25) is 4.79 Å². The largest absolute Gasteiger partial charge is 0.464 e. The standard InChI is InChI=1S/C28H27N3O5S.2ClH/c1-36-28(33)26-24(19-20-11-13-22(14-12-20)37(34,35)30-17-15-29-16-18-30)27(32)23-9-5-6-10-25(23)31(26)21-7-3-2-4-8-21;;/h2-14,29H,15-19H2,1H3;2*1H. The van der Waals surface area contributed by atoms with Crippen molar-refractivity contribution in [1.29, 1.82) is 0 Å². The Morgan fingerprint density at radius 1 is 0.897 bits per heavy atom. The van der Waals surface area contributed by atoms with Crippen LogP contribution in [0.3, 0.4) is 0 Å². The lowest BCUT2D eigenvalue weighted by atomic mass is 9.99. The molecule has 1 fully saturated rings. The van der Waals surface area contributed by atoms with Gasteiger partial charge in [-0.15, -0.1) is 24.8 Å². The molecule has 0 saturated carbocycles. The number of esters is 1. The molecule has 5 rings (SSSR count). The molecule has 0 aliphatic carbocycles. The van der Waals surface area contributed by atoms with Crippen molar-refractivity contribution in [3.8, 4) is 5.69 Å². The van der Waals surface area contributed by atoms with E-state index in [0.717, 1.165) is 5.69 Å². The molecule has 8 nitrogen and oxygen atoms in total. The van der Waals surface area contributed by atoms with E-state index in [4.69, 9.17) is 4.74 Å². The maximum absolute atomic E-state index is 13.7. The normalized spacial score (nSPS) is 13.8. The van der Waals surface area contributed by atoms with Crippen molar-refractivity contribution < 1.29 is 17.9 Å². The van der Waals surface area contributed by atoms with Crippen LogP contribution in [0, 0.1) is 0 Å². The molecule has 0 spiro atoms. The fourth-order valence-electron chi connectivity index (χ4n) is 4.72. The molecule has 1 aliphatic rings. The predicted molar refractivity (Wildman–Crippen MR) is 156 cm³/mol. The van der Waals surface area contributed by atoms with E-state index in [1.807, 2.05) is 36.4 Å². The summed E-state index contributed by atoms with van der Waals surface area (Å²) in [5.41, 5.74) is 2.19. The van der Waals surface area contributed by atoms with Crippen molar-refractivity contribution in [2.75, 3.05) is 33.3 Å². The first-order valence-electron chi connectivity index (χ1n) is 12.0. The summed E-state index contributed by atoms with van der Waals surface area (Å²) >= 11 is 0. The molecule has 0 bridgehead atoms. The quantitative estimate of drug-likeness (QED) is 0.343. The van der Waals surface area contributed by atoms with Gasteiger partial charge in [0.25, 0.3) is 0 Å². The number of sulfonamides is 1. The summed E-state index contributed by atoms with van der Waals surface area (Å²) in [5.74, 6) is -0.625. The number of nitrogens with one attached hydrogen (secondary N) is 1. The van der Waals surface area contributed by atoms with Crippen LogP contribution in [-0.4, -0.2) is 56.5 Å². The van der Waals surface area contributed by atoms with Crippen molar-refractivity contribution in [2.24, 2.45) is 0 Å². The number of benzene rings is 3. The van der Waals surface area contributed by atoms with Crippen LogP contribution in [0.15, 0.2) is 88.6 Å². The van der Waals surface area contributed by atoms with E-state index >= 15 is 0 Å². The molecule has 3 aromatic carbocycles. The number of piperazine rings is 1. The van der Waals surface area contributed by atoms with Crippen LogP contribution >= 0.6 is 24.8 Å². The molecule has 0 atom stereocenters. The summed E-state index contributed by atoms with van der Waals surface area (Å²) in [6, 6.07) is 23.0. The van der Waals surface area contributed by atoms with Crippen LogP contribution in [-0.2, 0) is 21.2 Å². The molecule has 0 radical (unpaired) electrons. The molecule has 1 aromatic heterocycles. The second kappa shape index (κ2) is 12.8. The number of fused-ring (bicyclic) bond motifs is 1. The maximum Gasteiger partial charge on any atom is 0.355 e. The minimum atomic E-state index is -3.60. The van der Waals surface area contributed by atoms with E-state index in [1.54, 1.807) is 47.0 Å². The molecule has 1 N–H and O–H groups in total. The van der Waals surface area contributed by atoms with Gasteiger partial charge < -0.3 is 14.6 Å². The van der Waals surface area contributed by atoms with Crippen LogP contribution in [0.1, 0.15) is 21.6 Å². The van der Waals surface area contributed by atoms with Gasteiger partial charge in [0.15, 0.2) is 5.43 Å². The zero-order chi connectivity index (χ0) is 26.0. The molecule has 206 valence electrons. The number of aromatic nitrogens is 1. The minimum Gasteiger partial charge on any atom is -0.464 e. The smallest absolute Gasteiger partial charge is 0.355 e. The topological polar surface area (TPSA) is 97.7 Å². The second-order valence-electron chi connectivity index (χ2n) is 8.81. The SMILES string of the molecule is COC(=O)c1c(Cc2ccc(S(=O)(=O)N3CCNCC3)cc2)c(=O)c2ccccc2n1-c1ccccc1.Cl.Cl. The Kier molecular flexibility index (Phi) is 9.93. The van der Waals surface area contributed by atoms with Gasteiger partial charge in [-0.2, -0.15) is 4.31 Å². The number of hydrogen-bond acceptors (Lipinski definition) is 6. The number of methoxy groups -OCH3 is 1. The maximum atomic E-state index is 13.7. The highest BCUT2D eigenvalue weighted by Gasteiger charge is 2.27. The van der Waals surface area contributed by atoms with E-state index in [0.29, 0.717) is 42.6 Å². The molecule has 0 amide bonds. The Balaban J connectivity index is 0.00000210. The first-order valence-corrected chi connectivity index (χ1v) is 13.5. The van der Waals surface area contributed by atoms with Crippen molar-refractivity contribution in [3.05, 3.63) is 106 Å². The Morgan fingerprint density at radius 3 is 2.15 bits per heavy atom. The highest BCUT2D eigenvalue weighted by atomic mass is 35.5. The lowest BCUT2D eigenvalue weighted by Crippen LogP contribution is -2.46. The fourth-order valence-corrected chi connectivity index (χ4v) is 6.17. The van der Waals surface area contributed by atoms with E-state index in [2.05, 4.69) is 5.32 Å². The molecule has 1 aliphatic heterocycles. The van der Waals surface area contributed by atoms with Crippen LogP contribution in [0.4, 0.5) is 0 Å². The number of pyridine rings is 1. The number of nitrogens with zero attached hydrogens (tertiary/aromatic N) is 2. The van der Waals surface area contributed by atoms with Crippen LogP contribution in [0.2, 0.25) is 0 Å². The van der Waals surface area contributed by atoms with Crippen LogP contribution in [0.5, 0.6) is 0 Å². The van der Waals surface area contributed by atoms with Crippen LogP contribution in [0.25, 0.3) is 16.6 Å². The number of ether oxygens (including phenoxy) is 1. The molecule has 4 aromatic rings. The summed E-state index contributed by atoms with van der Waals surface area (Å²) in [6.07, 6.45) is 0.134. The van der Waals surface area contributed by atoms with Gasteiger partial charge >= 0.3 is 5.97 Å². The summed E-state index contributed by atoms with van der Waals surface area (Å²) in [5, 5.41) is 3.63. The zero-order valence-corrected chi connectivity index (χ0v) is 23.7. The average molecular weight is 591 g/mol. The molecule has 39 heavy (non-hydrogen) atoms. The Labute approximate surface area is 239 Å². The highest BCUT2D eigenvalue weighted by Crippen LogP contribution is 2.25. The third kappa shape index (κ3) is 5.88. The second-order valence-corrected chi connectivity index (χ2v) is 10.7. The minimum absolute atomic E-state index is 0. The monoisotopic (exact) mass is 589 g/mol. The van der Waals surface area contributed by atoms with Crippen molar-refractivity contribution in [3.63, 3.8) is 0 Å². The van der Waals surface area contributed by atoms with Crippen LogP contribution < -0.4 is 10.7 Å². The number of carbonyl (C=O) groups is 1. The number of para-hydroxylation sites is 2. The van der Waals surface area contributed by atoms with Crippen molar-refractivity contribution >= 4 is 51.7 Å². The Morgan fingerprint density at radius 2 is 1.51 bits per heavy atom. The number of rotatable bonds is 6. The fraction of sp³-hybridized carbons (Fsp3) is 0.214. The third-order valence-electron chi connectivity index (χ3n) is 6.58. The first kappa shape index (κ1) is 30.3. The number of carbonyl (C=O) groups excluding carboxylic acids is 1. The molecule has 0 unspecified atom stereocenters. The Hall–Kier alpha value is -3.21. The molecule has 11 heteroatoms. The van der Waals surface area contributed by atoms with Gasteiger partial charge in [0.05, 0.1) is 17.5 Å². The number of halogens is 2. The zero-order valence-electron chi connectivity index (χ0n) is 21.2. The van der Waals surface area contributed by atoms with E-state index < -0.39 is 16.0 Å². The summed E-state index contributed by atoms with van der Waals surface area (Å²) in [7, 11) is -2.31. The molecule has 2 heterocycles. The highest BCUT2D eigenvalue weighted by molar-refractivity contribution is 7.89. The van der Waals surface area contributed by atoms with E-state index in [-0.39, 0.29) is 52.8 Å². The van der Waals surface area contributed by atoms with Gasteiger partial charge in [0.2, 0.25) is 10.0 Å². The first-order chi connectivity index (χ1) is 17.9. The summed E-state index contributed by atoms with van der Waals surface area (Å²) in [6.45, 7) is 2.07. The van der Waals surface area contributed by atoms with Gasteiger partial charge in [-0.25, -0.2) is 13.2 Å². The van der Waals surface area contributed by atoms with Gasteiger partial charge in [0.1, 0.15) is 5.69 Å². The summed E-state index contributed by atoms with van der Waals surface area (Å²) < 4.78 is 34.4. The van der Waals surface area contributed by atoms with E-state index in [1.165, 1.54) is 11.4 Å². The lowest BCUT2D eigenvalue weighted by molar-refractivity contribution is 0.0590. The summed E-state index contributed by atoms with van der Waals surface area (Å²) in [4.78, 5) is 27.0. The lowest BCUT2D eigenvalue weighted by Gasteiger charge is -2.26. The van der Waals surface area contributed by atoms with E-state index in [9.17, 15) is 18.0 Å². The van der Waals surface area contributed by atoms with Crippen molar-refractivity contribution in [2.45, 2.75) is 11.3 Å². The third-order valence-corrected chi connectivity index (χ3v) is 8.50.